The lowest BCUT2D eigenvalue weighted by Crippen LogP contribution is -2.11. The van der Waals surface area contributed by atoms with E-state index in [2.05, 4.69) is 20.5 Å². The number of hydrogen-bond acceptors (Lipinski definition) is 6. The van der Waals surface area contributed by atoms with E-state index in [9.17, 15) is 0 Å². The molecule has 0 radical (unpaired) electrons. The second-order valence-electron chi connectivity index (χ2n) is 3.89. The monoisotopic (exact) mass is 329 g/mol. The number of nitrogens with two attached hydrogens (primary N) is 1. The van der Waals surface area contributed by atoms with E-state index in [0.29, 0.717) is 33.3 Å². The first kappa shape index (κ1) is 15.3. The number of aromatic nitrogens is 3. The van der Waals surface area contributed by atoms with Crippen LogP contribution in [0.4, 0.5) is 5.82 Å². The highest BCUT2D eigenvalue weighted by Gasteiger charge is 2.08. The van der Waals surface area contributed by atoms with E-state index in [1.54, 1.807) is 12.1 Å². The van der Waals surface area contributed by atoms with Crippen LogP contribution < -0.4 is 11.1 Å². The van der Waals surface area contributed by atoms with Crippen molar-refractivity contribution >= 4 is 40.8 Å². The van der Waals surface area contributed by atoms with Gasteiger partial charge in [-0.25, -0.2) is 4.98 Å². The predicted octanol–water partition coefficient (Wildman–Crippen LogP) is 2.97. The molecule has 106 valence electrons. The van der Waals surface area contributed by atoms with E-state index in [-0.39, 0.29) is 6.54 Å². The smallest absolute Gasteiger partial charge is 0.210 e. The molecule has 0 atom stereocenters. The summed E-state index contributed by atoms with van der Waals surface area (Å²) in [5, 5.41) is 13.0. The molecule has 20 heavy (non-hydrogen) atoms. The summed E-state index contributed by atoms with van der Waals surface area (Å²) in [6.07, 6.45) is 1.89. The molecule has 0 saturated heterocycles. The number of hydrogen-bond donors (Lipinski definition) is 2. The minimum atomic E-state index is 0.269. The zero-order valence-corrected chi connectivity index (χ0v) is 13.1. The molecular formula is C12H13Cl2N5S. The third kappa shape index (κ3) is 3.73. The van der Waals surface area contributed by atoms with Crippen molar-refractivity contribution < 1.29 is 0 Å². The van der Waals surface area contributed by atoms with Crippen LogP contribution in [0.5, 0.6) is 0 Å². The third-order valence-corrected chi connectivity index (χ3v) is 3.70. The number of anilines is 1. The van der Waals surface area contributed by atoms with E-state index in [0.717, 1.165) is 5.56 Å². The van der Waals surface area contributed by atoms with Gasteiger partial charge in [0, 0.05) is 23.1 Å². The first-order valence-corrected chi connectivity index (χ1v) is 7.77. The lowest BCUT2D eigenvalue weighted by molar-refractivity contribution is 0.782. The molecule has 0 saturated carbocycles. The Kier molecular flexibility index (Phi) is 5.42. The third-order valence-electron chi connectivity index (χ3n) is 2.57. The standard InChI is InChI=1S/C12H13Cl2N5S/c1-20-12-17-11(10(5-15)18-19-12)16-6-7-2-3-8(13)4-9(7)14/h2-4H,5-6,15H2,1H3,(H,16,17,19). The number of benzene rings is 1. The Balaban J connectivity index is 2.17. The predicted molar refractivity (Wildman–Crippen MR) is 83.3 cm³/mol. The van der Waals surface area contributed by atoms with Crippen LogP contribution in [0.3, 0.4) is 0 Å². The second-order valence-corrected chi connectivity index (χ2v) is 5.50. The first-order valence-electron chi connectivity index (χ1n) is 5.79. The Morgan fingerprint density at radius 2 is 2.10 bits per heavy atom. The largest absolute Gasteiger partial charge is 0.364 e. The van der Waals surface area contributed by atoms with Gasteiger partial charge >= 0.3 is 0 Å². The van der Waals surface area contributed by atoms with Gasteiger partial charge in [0.05, 0.1) is 0 Å². The van der Waals surface area contributed by atoms with Crippen molar-refractivity contribution in [1.82, 2.24) is 15.2 Å². The van der Waals surface area contributed by atoms with Crippen LogP contribution in [0.1, 0.15) is 11.3 Å². The molecule has 1 aromatic carbocycles. The number of rotatable bonds is 5. The van der Waals surface area contributed by atoms with Crippen LogP contribution in [0.15, 0.2) is 23.4 Å². The summed E-state index contributed by atoms with van der Waals surface area (Å²) in [6, 6.07) is 5.36. The first-order chi connectivity index (χ1) is 9.63. The van der Waals surface area contributed by atoms with Crippen molar-refractivity contribution in [2.24, 2.45) is 5.73 Å². The number of halogens is 2. The number of nitrogens with zero attached hydrogens (tertiary/aromatic N) is 3. The van der Waals surface area contributed by atoms with Crippen LogP contribution >= 0.6 is 35.0 Å². The SMILES string of the molecule is CSc1nnc(CN)c(NCc2ccc(Cl)cc2Cl)n1. The highest BCUT2D eigenvalue weighted by molar-refractivity contribution is 7.98. The molecule has 0 spiro atoms. The molecule has 8 heteroatoms. The Morgan fingerprint density at radius 1 is 1.30 bits per heavy atom. The van der Waals surface area contributed by atoms with Gasteiger partial charge in [0.2, 0.25) is 5.16 Å². The Hall–Kier alpha value is -1.08. The molecule has 0 amide bonds. The van der Waals surface area contributed by atoms with Gasteiger partial charge in [-0.05, 0) is 24.0 Å². The molecule has 0 unspecified atom stereocenters. The van der Waals surface area contributed by atoms with Crippen LogP contribution in [0.2, 0.25) is 10.0 Å². The molecule has 0 aliphatic carbocycles. The van der Waals surface area contributed by atoms with E-state index < -0.39 is 0 Å². The molecule has 1 aromatic heterocycles. The minimum absolute atomic E-state index is 0.269. The van der Waals surface area contributed by atoms with Crippen LogP contribution in [0, 0.1) is 0 Å². The Morgan fingerprint density at radius 3 is 2.75 bits per heavy atom. The summed E-state index contributed by atoms with van der Waals surface area (Å²) in [7, 11) is 0. The number of nitrogens with one attached hydrogen (secondary N) is 1. The van der Waals surface area contributed by atoms with Crippen molar-refractivity contribution in [2.45, 2.75) is 18.2 Å². The highest BCUT2D eigenvalue weighted by Crippen LogP contribution is 2.22. The Labute approximate surface area is 131 Å². The molecule has 1 heterocycles. The molecule has 2 rings (SSSR count). The van der Waals surface area contributed by atoms with Gasteiger partial charge < -0.3 is 11.1 Å². The lowest BCUT2D eigenvalue weighted by Gasteiger charge is -2.10. The maximum Gasteiger partial charge on any atom is 0.210 e. The van der Waals surface area contributed by atoms with Gasteiger partial charge in [0.25, 0.3) is 0 Å². The van der Waals surface area contributed by atoms with Gasteiger partial charge in [-0.15, -0.1) is 10.2 Å². The van der Waals surface area contributed by atoms with Gasteiger partial charge in [-0.3, -0.25) is 0 Å². The van der Waals surface area contributed by atoms with E-state index in [4.69, 9.17) is 28.9 Å². The fraction of sp³-hybridized carbons (Fsp3) is 0.250. The summed E-state index contributed by atoms with van der Waals surface area (Å²) < 4.78 is 0. The summed E-state index contributed by atoms with van der Waals surface area (Å²) in [5.41, 5.74) is 7.17. The van der Waals surface area contributed by atoms with Gasteiger partial charge in [-0.2, -0.15) is 0 Å². The van der Waals surface area contributed by atoms with Crippen LogP contribution in [-0.4, -0.2) is 21.4 Å². The maximum absolute atomic E-state index is 6.13. The van der Waals surface area contributed by atoms with Crippen molar-refractivity contribution in [3.63, 3.8) is 0 Å². The summed E-state index contributed by atoms with van der Waals surface area (Å²) in [6.45, 7) is 0.779. The van der Waals surface area contributed by atoms with Gasteiger partial charge in [0.15, 0.2) is 5.82 Å². The summed E-state index contributed by atoms with van der Waals surface area (Å²) in [4.78, 5) is 4.35. The zero-order chi connectivity index (χ0) is 14.5. The average Bonchev–Trinajstić information content (AvgIpc) is 2.46. The highest BCUT2D eigenvalue weighted by atomic mass is 35.5. The Bertz CT molecular complexity index is 608. The van der Waals surface area contributed by atoms with E-state index in [1.807, 2.05) is 12.3 Å². The quantitative estimate of drug-likeness (QED) is 0.821. The van der Waals surface area contributed by atoms with E-state index in [1.165, 1.54) is 11.8 Å². The molecule has 0 bridgehead atoms. The maximum atomic E-state index is 6.13. The molecular weight excluding hydrogens is 317 g/mol. The fourth-order valence-electron chi connectivity index (χ4n) is 1.54. The van der Waals surface area contributed by atoms with Gasteiger partial charge in [0.1, 0.15) is 5.69 Å². The normalized spacial score (nSPS) is 10.6. The molecule has 0 fully saturated rings. The molecule has 3 N–H and O–H groups in total. The van der Waals surface area contributed by atoms with Crippen LogP contribution in [0.25, 0.3) is 0 Å². The average molecular weight is 330 g/mol. The lowest BCUT2D eigenvalue weighted by atomic mass is 10.2. The fourth-order valence-corrected chi connectivity index (χ4v) is 2.32. The molecule has 0 aliphatic rings. The van der Waals surface area contributed by atoms with Crippen LogP contribution in [-0.2, 0) is 13.1 Å². The minimum Gasteiger partial charge on any atom is -0.364 e. The second kappa shape index (κ2) is 7.08. The summed E-state index contributed by atoms with van der Waals surface area (Å²) in [5.74, 6) is 0.623. The van der Waals surface area contributed by atoms with E-state index >= 15 is 0 Å². The molecule has 5 nitrogen and oxygen atoms in total. The van der Waals surface area contributed by atoms with Crippen molar-refractivity contribution in [1.29, 1.82) is 0 Å². The van der Waals surface area contributed by atoms with Crippen molar-refractivity contribution in [3.05, 3.63) is 39.5 Å². The zero-order valence-electron chi connectivity index (χ0n) is 10.7. The topological polar surface area (TPSA) is 76.7 Å². The molecule has 0 aliphatic heterocycles. The number of thioether (sulfide) groups is 1. The van der Waals surface area contributed by atoms with Crippen molar-refractivity contribution in [3.8, 4) is 0 Å². The summed E-state index contributed by atoms with van der Waals surface area (Å²) >= 11 is 13.4. The van der Waals surface area contributed by atoms with Gasteiger partial charge in [-0.1, -0.05) is 41.0 Å². The molecule has 2 aromatic rings. The van der Waals surface area contributed by atoms with Crippen molar-refractivity contribution in [2.75, 3.05) is 11.6 Å².